The molecule has 0 aromatic heterocycles. The highest BCUT2D eigenvalue weighted by Gasteiger charge is 2.02. The topological polar surface area (TPSA) is 64.7 Å². The number of hydrogen-bond acceptors (Lipinski definition) is 4. The van der Waals surface area contributed by atoms with Crippen molar-refractivity contribution >= 4 is 17.6 Å². The quantitative estimate of drug-likeness (QED) is 0.472. The maximum atomic E-state index is 10.5. The predicted octanol–water partition coefficient (Wildman–Crippen LogP) is 3.74. The molecule has 0 spiro atoms. The monoisotopic (exact) mass is 270 g/mol. The minimum Gasteiger partial charge on any atom is -0.494 e. The van der Waals surface area contributed by atoms with Crippen molar-refractivity contribution in [2.45, 2.75) is 6.92 Å². The molecule has 0 atom stereocenters. The molecule has 0 aliphatic rings. The number of nitro benzene ring substituents is 1. The summed E-state index contributed by atoms with van der Waals surface area (Å²) in [6, 6.07) is 13.7. The Kier molecular flexibility index (Phi) is 4.44. The summed E-state index contributed by atoms with van der Waals surface area (Å²) in [5.74, 6) is 0.819. The molecule has 0 amide bonds. The summed E-state index contributed by atoms with van der Waals surface area (Å²) in [5.41, 5.74) is 1.67. The zero-order valence-corrected chi connectivity index (χ0v) is 11.0. The van der Waals surface area contributed by atoms with Crippen LogP contribution in [0.1, 0.15) is 12.5 Å². The first-order chi connectivity index (χ1) is 9.69. The number of non-ortho nitro benzene ring substituents is 1. The first-order valence-corrected chi connectivity index (χ1v) is 6.20. The van der Waals surface area contributed by atoms with Crippen molar-refractivity contribution in [2.75, 3.05) is 6.61 Å². The summed E-state index contributed by atoms with van der Waals surface area (Å²) in [5, 5.41) is 10.5. The van der Waals surface area contributed by atoms with E-state index < -0.39 is 4.92 Å². The summed E-state index contributed by atoms with van der Waals surface area (Å²) in [4.78, 5) is 14.4. The Morgan fingerprint density at radius 3 is 2.35 bits per heavy atom. The molecule has 5 nitrogen and oxygen atoms in total. The van der Waals surface area contributed by atoms with Gasteiger partial charge in [0.15, 0.2) is 0 Å². The standard InChI is InChI=1S/C15H14N2O3/c1-2-20-15-9-3-12(4-10-15)11-16-13-5-7-14(8-6-13)17(18)19/h3-11H,2H2,1H3. The van der Waals surface area contributed by atoms with Gasteiger partial charge in [-0.05, 0) is 48.9 Å². The van der Waals surface area contributed by atoms with E-state index in [1.807, 2.05) is 31.2 Å². The maximum absolute atomic E-state index is 10.5. The third-order valence-corrected chi connectivity index (χ3v) is 2.61. The fourth-order valence-corrected chi connectivity index (χ4v) is 1.63. The Morgan fingerprint density at radius 1 is 1.15 bits per heavy atom. The molecule has 5 heteroatoms. The number of nitro groups is 1. The third-order valence-electron chi connectivity index (χ3n) is 2.61. The predicted molar refractivity (Wildman–Crippen MR) is 78.0 cm³/mol. The molecule has 20 heavy (non-hydrogen) atoms. The second-order valence-corrected chi connectivity index (χ2v) is 4.03. The Morgan fingerprint density at radius 2 is 1.80 bits per heavy atom. The Hall–Kier alpha value is -2.69. The fraction of sp³-hybridized carbons (Fsp3) is 0.133. The van der Waals surface area contributed by atoms with E-state index in [4.69, 9.17) is 4.74 Å². The highest BCUT2D eigenvalue weighted by atomic mass is 16.6. The molecule has 0 unspecified atom stereocenters. The van der Waals surface area contributed by atoms with Crippen LogP contribution < -0.4 is 4.74 Å². The lowest BCUT2D eigenvalue weighted by molar-refractivity contribution is -0.384. The minimum absolute atomic E-state index is 0.0602. The number of aliphatic imine (C=N–C) groups is 1. The normalized spacial score (nSPS) is 10.7. The van der Waals surface area contributed by atoms with Crippen LogP contribution in [0.15, 0.2) is 53.5 Å². The molecule has 2 aromatic rings. The van der Waals surface area contributed by atoms with Gasteiger partial charge in [-0.3, -0.25) is 15.1 Å². The molecule has 2 aromatic carbocycles. The van der Waals surface area contributed by atoms with Gasteiger partial charge < -0.3 is 4.74 Å². The van der Waals surface area contributed by atoms with E-state index in [2.05, 4.69) is 4.99 Å². The lowest BCUT2D eigenvalue weighted by atomic mass is 10.2. The van der Waals surface area contributed by atoms with Crippen LogP contribution in [-0.2, 0) is 0 Å². The average Bonchev–Trinajstić information content (AvgIpc) is 2.47. The number of nitrogens with zero attached hydrogens (tertiary/aromatic N) is 2. The fourth-order valence-electron chi connectivity index (χ4n) is 1.63. The lowest BCUT2D eigenvalue weighted by Gasteiger charge is -2.02. The van der Waals surface area contributed by atoms with E-state index in [0.29, 0.717) is 12.3 Å². The molecule has 0 aliphatic carbocycles. The summed E-state index contributed by atoms with van der Waals surface area (Å²) in [6.07, 6.45) is 1.71. The lowest BCUT2D eigenvalue weighted by Crippen LogP contribution is -1.91. The molecule has 0 radical (unpaired) electrons. The van der Waals surface area contributed by atoms with Crippen LogP contribution in [0.3, 0.4) is 0 Å². The highest BCUT2D eigenvalue weighted by Crippen LogP contribution is 2.18. The van der Waals surface area contributed by atoms with E-state index in [1.165, 1.54) is 12.1 Å². The van der Waals surface area contributed by atoms with Gasteiger partial charge in [-0.25, -0.2) is 0 Å². The van der Waals surface area contributed by atoms with Crippen LogP contribution in [0.4, 0.5) is 11.4 Å². The molecule has 0 fully saturated rings. The Labute approximate surface area is 116 Å². The van der Waals surface area contributed by atoms with Crippen molar-refractivity contribution in [3.8, 4) is 5.75 Å². The SMILES string of the molecule is CCOc1ccc(C=Nc2ccc([N+](=O)[O-])cc2)cc1. The molecule has 2 rings (SSSR count). The van der Waals surface area contributed by atoms with Gasteiger partial charge in [-0.2, -0.15) is 0 Å². The van der Waals surface area contributed by atoms with E-state index in [-0.39, 0.29) is 5.69 Å². The van der Waals surface area contributed by atoms with Gasteiger partial charge in [0.25, 0.3) is 5.69 Å². The van der Waals surface area contributed by atoms with Gasteiger partial charge in [0.1, 0.15) is 5.75 Å². The van der Waals surface area contributed by atoms with Gasteiger partial charge in [0.05, 0.1) is 17.2 Å². The van der Waals surface area contributed by atoms with Crippen molar-refractivity contribution in [3.05, 3.63) is 64.2 Å². The van der Waals surface area contributed by atoms with E-state index in [9.17, 15) is 10.1 Å². The molecule has 102 valence electrons. The molecule has 0 saturated heterocycles. The average molecular weight is 270 g/mol. The smallest absolute Gasteiger partial charge is 0.269 e. The summed E-state index contributed by atoms with van der Waals surface area (Å²) < 4.78 is 5.35. The molecule has 0 saturated carbocycles. The van der Waals surface area contributed by atoms with Crippen molar-refractivity contribution in [2.24, 2.45) is 4.99 Å². The van der Waals surface area contributed by atoms with E-state index in [0.717, 1.165) is 11.3 Å². The van der Waals surface area contributed by atoms with Crippen LogP contribution in [0.5, 0.6) is 5.75 Å². The van der Waals surface area contributed by atoms with Crippen LogP contribution in [0.25, 0.3) is 0 Å². The van der Waals surface area contributed by atoms with Crippen molar-refractivity contribution in [3.63, 3.8) is 0 Å². The highest BCUT2D eigenvalue weighted by molar-refractivity contribution is 5.82. The van der Waals surface area contributed by atoms with Gasteiger partial charge in [-0.1, -0.05) is 0 Å². The van der Waals surface area contributed by atoms with Gasteiger partial charge in [-0.15, -0.1) is 0 Å². The first-order valence-electron chi connectivity index (χ1n) is 6.20. The van der Waals surface area contributed by atoms with Crippen LogP contribution in [0, 0.1) is 10.1 Å². The summed E-state index contributed by atoms with van der Waals surface area (Å²) in [7, 11) is 0. The number of rotatable bonds is 5. The molecule has 0 aliphatic heterocycles. The summed E-state index contributed by atoms with van der Waals surface area (Å²) in [6.45, 7) is 2.57. The zero-order chi connectivity index (χ0) is 14.4. The molecule has 0 heterocycles. The van der Waals surface area contributed by atoms with E-state index >= 15 is 0 Å². The van der Waals surface area contributed by atoms with E-state index in [1.54, 1.807) is 18.3 Å². The second kappa shape index (κ2) is 6.47. The van der Waals surface area contributed by atoms with Gasteiger partial charge >= 0.3 is 0 Å². The molecule has 0 bridgehead atoms. The second-order valence-electron chi connectivity index (χ2n) is 4.03. The van der Waals surface area contributed by atoms with Crippen molar-refractivity contribution < 1.29 is 9.66 Å². The largest absolute Gasteiger partial charge is 0.494 e. The maximum Gasteiger partial charge on any atom is 0.269 e. The Balaban J connectivity index is 2.06. The zero-order valence-electron chi connectivity index (χ0n) is 11.0. The molecular formula is C15H14N2O3. The summed E-state index contributed by atoms with van der Waals surface area (Å²) >= 11 is 0. The van der Waals surface area contributed by atoms with Crippen molar-refractivity contribution in [1.29, 1.82) is 0 Å². The van der Waals surface area contributed by atoms with Crippen LogP contribution >= 0.6 is 0 Å². The first kappa shape index (κ1) is 13.7. The number of hydrogen-bond donors (Lipinski definition) is 0. The van der Waals surface area contributed by atoms with Crippen molar-refractivity contribution in [1.82, 2.24) is 0 Å². The number of ether oxygens (including phenoxy) is 1. The van der Waals surface area contributed by atoms with Gasteiger partial charge in [0.2, 0.25) is 0 Å². The molecule has 0 N–H and O–H groups in total. The van der Waals surface area contributed by atoms with Crippen LogP contribution in [0.2, 0.25) is 0 Å². The van der Waals surface area contributed by atoms with Gasteiger partial charge in [0, 0.05) is 18.3 Å². The van der Waals surface area contributed by atoms with Crippen LogP contribution in [-0.4, -0.2) is 17.7 Å². The minimum atomic E-state index is -0.431. The molecular weight excluding hydrogens is 256 g/mol. The third kappa shape index (κ3) is 3.65. The number of benzene rings is 2. The Bertz CT molecular complexity index is 604.